The van der Waals surface area contributed by atoms with Crippen LogP contribution in [0.5, 0.6) is 0 Å². The van der Waals surface area contributed by atoms with E-state index in [1.807, 2.05) is 36.4 Å². The first kappa shape index (κ1) is 30.3. The molecule has 35 heavy (non-hydrogen) atoms. The van der Waals surface area contributed by atoms with E-state index in [0.717, 1.165) is 0 Å². The number of nitrogens with zero attached hydrogens (tertiary/aromatic N) is 1. The monoisotopic (exact) mass is 653 g/mol. The molecule has 0 unspecified atom stereocenters. The van der Waals surface area contributed by atoms with Crippen LogP contribution in [0.15, 0.2) is 128 Å². The van der Waals surface area contributed by atoms with Gasteiger partial charge in [0.25, 0.3) is 0 Å². The van der Waals surface area contributed by atoms with E-state index >= 15 is 0 Å². The summed E-state index contributed by atoms with van der Waals surface area (Å²) in [6.45, 7) is 3.63. The second-order valence-electron chi connectivity index (χ2n) is 7.72. The Balaban J connectivity index is 0.000000316. The Morgan fingerprint density at radius 1 is 0.514 bits per heavy atom. The number of nitroso groups, excluding NO2 is 1. The van der Waals surface area contributed by atoms with Crippen LogP contribution in [-0.2, 0) is 20.4 Å². The van der Waals surface area contributed by atoms with E-state index in [4.69, 9.17) is 10.5 Å². The Morgan fingerprint density at radius 3 is 1.00 bits per heavy atom. The maximum absolute atomic E-state index is 7.25. The third-order valence-corrected chi connectivity index (χ3v) is 7.77. The normalized spacial score (nSPS) is 11.2. The van der Waals surface area contributed by atoms with Crippen LogP contribution in [0.4, 0.5) is 0 Å². The molecule has 1 radical (unpaired) electrons. The van der Waals surface area contributed by atoms with Gasteiger partial charge in [-0.2, -0.15) is 0 Å². The van der Waals surface area contributed by atoms with Crippen molar-refractivity contribution < 1.29 is 20.4 Å². The van der Waals surface area contributed by atoms with Crippen molar-refractivity contribution in [3.05, 3.63) is 144 Å². The van der Waals surface area contributed by atoms with Gasteiger partial charge in [-0.15, -0.1) is 0 Å². The van der Waals surface area contributed by atoms with Gasteiger partial charge in [0.15, 0.2) is 0 Å². The molecule has 0 aliphatic heterocycles. The summed E-state index contributed by atoms with van der Waals surface area (Å²) in [5.74, 6) is 0. The second-order valence-corrected chi connectivity index (χ2v) is 9.94. The van der Waals surface area contributed by atoms with Gasteiger partial charge in [0.1, 0.15) is 0 Å². The number of rotatable bonds is 4. The molecule has 1 aliphatic carbocycles. The Hall–Kier alpha value is -2.69. The molecule has 4 heteroatoms. The fourth-order valence-corrected chi connectivity index (χ4v) is 5.96. The van der Waals surface area contributed by atoms with Gasteiger partial charge in [0.05, 0.1) is 0 Å². The summed E-state index contributed by atoms with van der Waals surface area (Å²) in [6, 6.07) is 42.4. The van der Waals surface area contributed by atoms with Crippen molar-refractivity contribution in [3.8, 4) is 0 Å². The molecule has 0 bridgehead atoms. The maximum Gasteiger partial charge on any atom is 0 e. The van der Waals surface area contributed by atoms with Crippen molar-refractivity contribution in [2.75, 3.05) is 0 Å². The molecule has 181 valence electrons. The van der Waals surface area contributed by atoms with Gasteiger partial charge in [-0.25, -0.2) is 0 Å². The van der Waals surface area contributed by atoms with Crippen LogP contribution in [0.1, 0.15) is 37.7 Å². The summed E-state index contributed by atoms with van der Waals surface area (Å²) >= 11 is 0. The molecular formula is C31H33NOPRe-. The predicted octanol–water partition coefficient (Wildman–Crippen LogP) is 8.04. The minimum atomic E-state index is -0.446. The van der Waals surface area contributed by atoms with Crippen molar-refractivity contribution in [2.45, 2.75) is 32.1 Å². The molecule has 0 N–H and O–H groups in total. The first-order chi connectivity index (χ1) is 16.9. The average molecular weight is 653 g/mol. The first-order valence-corrected chi connectivity index (χ1v) is 13.0. The van der Waals surface area contributed by atoms with Crippen LogP contribution in [0.2, 0.25) is 0 Å². The summed E-state index contributed by atoms with van der Waals surface area (Å²) in [7, 11) is -0.446. The maximum atomic E-state index is 7.25. The summed E-state index contributed by atoms with van der Waals surface area (Å²) in [6.07, 6.45) is 9.33. The molecule has 0 amide bonds. The van der Waals surface area contributed by atoms with Gasteiger partial charge in [-0.05, 0) is 29.4 Å². The fraction of sp³-hybridized carbons (Fsp3) is 0.161. The SMILES string of the molecule is C1CCCC1.C=Cc1ccccc1.[N-]=O.[Re].c1ccc(P(c2ccccc2)c2ccccc2)cc1. The minimum absolute atomic E-state index is 0. The fourth-order valence-electron chi connectivity index (χ4n) is 3.65. The van der Waals surface area contributed by atoms with Crippen LogP contribution in [-0.4, -0.2) is 0 Å². The summed E-state index contributed by atoms with van der Waals surface area (Å²) < 4.78 is 0. The molecule has 0 aromatic heterocycles. The van der Waals surface area contributed by atoms with Crippen molar-refractivity contribution in [2.24, 2.45) is 0 Å². The van der Waals surface area contributed by atoms with Gasteiger partial charge in [-0.3, -0.25) is 0 Å². The standard InChI is InChI=1S/C18H15P.C8H8.C5H10.NO.Re/c1-4-10-16(11-5-1)19(17-12-6-2-7-13-17)18-14-8-3-9-15-18;1-2-8-6-4-3-5-7-8;1-2-4-5-3-1;1-2;/h1-15H;2-7H,1H2;1-5H2;;/q;;;-1;. The molecule has 1 fully saturated rings. The smallest absolute Gasteiger partial charge is 0 e. The number of hydrogen-bond acceptors (Lipinski definition) is 1. The van der Waals surface area contributed by atoms with Crippen molar-refractivity contribution in [1.82, 2.24) is 0 Å². The largest absolute Gasteiger partial charge is 0.577 e. The van der Waals surface area contributed by atoms with Gasteiger partial charge in [-0.1, -0.05) is 166 Å². The minimum Gasteiger partial charge on any atom is -0.577 e. The van der Waals surface area contributed by atoms with E-state index in [9.17, 15) is 0 Å². The van der Waals surface area contributed by atoms with Gasteiger partial charge in [0, 0.05) is 20.4 Å². The molecule has 0 saturated heterocycles. The average Bonchev–Trinajstić information content (AvgIpc) is 3.53. The van der Waals surface area contributed by atoms with E-state index in [1.54, 1.807) is 0 Å². The zero-order chi connectivity index (χ0) is 24.3. The van der Waals surface area contributed by atoms with Crippen molar-refractivity contribution in [3.63, 3.8) is 0 Å². The van der Waals surface area contributed by atoms with E-state index in [1.165, 1.54) is 53.6 Å². The Bertz CT molecular complexity index is 925. The molecule has 0 heterocycles. The Morgan fingerprint density at radius 2 is 0.771 bits per heavy atom. The molecule has 1 saturated carbocycles. The molecule has 2 nitrogen and oxygen atoms in total. The third kappa shape index (κ3) is 11.5. The van der Waals surface area contributed by atoms with Gasteiger partial charge in [0.2, 0.25) is 0 Å². The zero-order valence-corrected chi connectivity index (χ0v) is 23.7. The van der Waals surface area contributed by atoms with Crippen LogP contribution in [0.3, 0.4) is 0 Å². The topological polar surface area (TPSA) is 39.4 Å². The Kier molecular flexibility index (Phi) is 17.0. The van der Waals surface area contributed by atoms with Crippen LogP contribution in [0.25, 0.3) is 11.7 Å². The van der Waals surface area contributed by atoms with E-state index < -0.39 is 7.92 Å². The van der Waals surface area contributed by atoms with Crippen LogP contribution < -0.4 is 15.9 Å². The second kappa shape index (κ2) is 19.6. The summed E-state index contributed by atoms with van der Waals surface area (Å²) in [5, 5.41) is 4.19. The Labute approximate surface area is 225 Å². The molecule has 4 aromatic carbocycles. The third-order valence-electron chi connectivity index (χ3n) is 5.33. The molecule has 0 spiro atoms. The first-order valence-electron chi connectivity index (χ1n) is 11.7. The predicted molar refractivity (Wildman–Crippen MR) is 151 cm³/mol. The molecule has 0 atom stereocenters. The van der Waals surface area contributed by atoms with Crippen molar-refractivity contribution >= 4 is 29.9 Å². The molecule has 1 aliphatic rings. The number of hydrogen-bond donors (Lipinski definition) is 0. The zero-order valence-electron chi connectivity index (χ0n) is 20.0. The van der Waals surface area contributed by atoms with E-state index in [0.29, 0.717) is 0 Å². The van der Waals surface area contributed by atoms with Crippen LogP contribution in [0, 0.1) is 4.91 Å². The van der Waals surface area contributed by atoms with E-state index in [2.05, 4.69) is 97.6 Å². The quantitative estimate of drug-likeness (QED) is 0.206. The molecule has 5 rings (SSSR count). The van der Waals surface area contributed by atoms with Gasteiger partial charge >= 0.3 is 0 Å². The van der Waals surface area contributed by atoms with E-state index in [-0.39, 0.29) is 20.4 Å². The van der Waals surface area contributed by atoms with Crippen LogP contribution >= 0.6 is 7.92 Å². The number of benzene rings is 4. The molecular weight excluding hydrogens is 620 g/mol. The van der Waals surface area contributed by atoms with Gasteiger partial charge < -0.3 is 10.5 Å². The summed E-state index contributed by atoms with van der Waals surface area (Å²) in [5.41, 5.74) is 6.92. The summed E-state index contributed by atoms with van der Waals surface area (Å²) in [4.78, 5) is 7.25. The van der Waals surface area contributed by atoms with Crippen molar-refractivity contribution in [1.29, 1.82) is 0 Å². The molecule has 4 aromatic rings.